The van der Waals surface area contributed by atoms with Gasteiger partial charge in [-0.1, -0.05) is 86.1 Å². The predicted molar refractivity (Wildman–Crippen MR) is 85.3 cm³/mol. The summed E-state index contributed by atoms with van der Waals surface area (Å²) in [5.74, 6) is -0.170. The Labute approximate surface area is 130 Å². The smallest absolute Gasteiger partial charge is 0.336 e. The molecule has 0 amide bonds. The van der Waals surface area contributed by atoms with Crippen LogP contribution in [0.2, 0.25) is 0 Å². The first-order valence-electron chi connectivity index (χ1n) is 7.02. The summed E-state index contributed by atoms with van der Waals surface area (Å²) in [5, 5.41) is 0. The molecule has 0 saturated heterocycles. The van der Waals surface area contributed by atoms with Crippen LogP contribution in [0.25, 0.3) is 0 Å². The SMILES string of the molecule is CC(C)COC(=O)C(Cl)(c1ccccc1)c1ccccc1. The molecule has 0 bridgehead atoms. The summed E-state index contributed by atoms with van der Waals surface area (Å²) in [5.41, 5.74) is 1.43. The minimum absolute atomic E-state index is 0.265. The molecule has 21 heavy (non-hydrogen) atoms. The van der Waals surface area contributed by atoms with Crippen LogP contribution in [-0.2, 0) is 14.4 Å². The second-order valence-corrected chi connectivity index (χ2v) is 5.95. The fraction of sp³-hybridized carbons (Fsp3) is 0.278. The van der Waals surface area contributed by atoms with E-state index in [1.807, 2.05) is 74.5 Å². The molecule has 0 N–H and O–H groups in total. The highest BCUT2D eigenvalue weighted by molar-refractivity contribution is 6.36. The van der Waals surface area contributed by atoms with Crippen LogP contribution in [0.15, 0.2) is 60.7 Å². The molecule has 0 fully saturated rings. The molecule has 0 aliphatic carbocycles. The molecule has 2 aromatic rings. The van der Waals surface area contributed by atoms with Gasteiger partial charge in [0.2, 0.25) is 0 Å². The van der Waals surface area contributed by atoms with E-state index in [-0.39, 0.29) is 5.92 Å². The number of hydrogen-bond acceptors (Lipinski definition) is 2. The van der Waals surface area contributed by atoms with E-state index in [0.717, 1.165) is 0 Å². The molecular weight excluding hydrogens is 284 g/mol. The third-order valence-corrected chi connectivity index (χ3v) is 3.76. The van der Waals surface area contributed by atoms with Gasteiger partial charge in [0.05, 0.1) is 6.61 Å². The van der Waals surface area contributed by atoms with Crippen molar-refractivity contribution in [3.8, 4) is 0 Å². The van der Waals surface area contributed by atoms with Crippen molar-refractivity contribution >= 4 is 17.6 Å². The van der Waals surface area contributed by atoms with Crippen molar-refractivity contribution < 1.29 is 9.53 Å². The van der Waals surface area contributed by atoms with E-state index in [9.17, 15) is 4.79 Å². The van der Waals surface area contributed by atoms with Gasteiger partial charge >= 0.3 is 5.97 Å². The molecule has 3 heteroatoms. The highest BCUT2D eigenvalue weighted by Crippen LogP contribution is 2.38. The Morgan fingerprint density at radius 1 is 1.00 bits per heavy atom. The van der Waals surface area contributed by atoms with Gasteiger partial charge in [0, 0.05) is 0 Å². The minimum atomic E-state index is -1.31. The van der Waals surface area contributed by atoms with Crippen LogP contribution in [0.5, 0.6) is 0 Å². The van der Waals surface area contributed by atoms with Gasteiger partial charge in [-0.05, 0) is 17.0 Å². The lowest BCUT2D eigenvalue weighted by Gasteiger charge is -2.26. The van der Waals surface area contributed by atoms with Crippen LogP contribution < -0.4 is 0 Å². The fourth-order valence-corrected chi connectivity index (χ4v) is 2.39. The Morgan fingerprint density at radius 2 is 1.43 bits per heavy atom. The Hall–Kier alpha value is -1.80. The maximum atomic E-state index is 12.6. The summed E-state index contributed by atoms with van der Waals surface area (Å²) in [6, 6.07) is 18.6. The second-order valence-electron chi connectivity index (χ2n) is 5.38. The van der Waals surface area contributed by atoms with Gasteiger partial charge in [0.25, 0.3) is 0 Å². The van der Waals surface area contributed by atoms with Crippen molar-refractivity contribution in [2.45, 2.75) is 18.7 Å². The zero-order valence-electron chi connectivity index (χ0n) is 12.3. The van der Waals surface area contributed by atoms with Gasteiger partial charge in [0.1, 0.15) is 0 Å². The van der Waals surface area contributed by atoms with Crippen LogP contribution in [0.3, 0.4) is 0 Å². The summed E-state index contributed by atoms with van der Waals surface area (Å²) >= 11 is 6.75. The normalized spacial score (nSPS) is 11.4. The summed E-state index contributed by atoms with van der Waals surface area (Å²) in [4.78, 5) is 11.3. The summed E-state index contributed by atoms with van der Waals surface area (Å²) in [6.45, 7) is 4.34. The van der Waals surface area contributed by atoms with E-state index in [1.165, 1.54) is 0 Å². The molecule has 0 aliphatic rings. The number of carbonyl (C=O) groups excluding carboxylic acids is 1. The molecule has 110 valence electrons. The van der Waals surface area contributed by atoms with E-state index in [4.69, 9.17) is 16.3 Å². The van der Waals surface area contributed by atoms with Crippen LogP contribution >= 0.6 is 11.6 Å². The average molecular weight is 303 g/mol. The standard InChI is InChI=1S/C18H19ClO2/c1-14(2)13-21-17(20)18(19,15-9-5-3-6-10-15)16-11-7-4-8-12-16/h3-12,14H,13H2,1-2H3. The molecule has 0 aromatic heterocycles. The van der Waals surface area contributed by atoms with Crippen molar-refractivity contribution in [3.63, 3.8) is 0 Å². The van der Waals surface area contributed by atoms with Gasteiger partial charge in [-0.2, -0.15) is 0 Å². The zero-order chi connectivity index (χ0) is 15.3. The summed E-state index contributed by atoms with van der Waals surface area (Å²) in [7, 11) is 0. The van der Waals surface area contributed by atoms with Crippen LogP contribution in [0, 0.1) is 5.92 Å². The lowest BCUT2D eigenvalue weighted by atomic mass is 9.90. The largest absolute Gasteiger partial charge is 0.464 e. The van der Waals surface area contributed by atoms with Crippen LogP contribution in [0.4, 0.5) is 0 Å². The molecule has 2 nitrogen and oxygen atoms in total. The van der Waals surface area contributed by atoms with Crippen molar-refractivity contribution in [3.05, 3.63) is 71.8 Å². The first-order chi connectivity index (χ1) is 10.0. The Balaban J connectivity index is 2.42. The molecular formula is C18H19ClO2. The highest BCUT2D eigenvalue weighted by Gasteiger charge is 2.41. The number of alkyl halides is 1. The van der Waals surface area contributed by atoms with Gasteiger partial charge in [-0.3, -0.25) is 0 Å². The van der Waals surface area contributed by atoms with E-state index in [2.05, 4.69) is 0 Å². The lowest BCUT2D eigenvalue weighted by Crippen LogP contribution is -2.34. The van der Waals surface area contributed by atoms with E-state index < -0.39 is 10.8 Å². The summed E-state index contributed by atoms with van der Waals surface area (Å²) in [6.07, 6.45) is 0. The quantitative estimate of drug-likeness (QED) is 0.605. The Bertz CT molecular complexity index is 539. The zero-order valence-corrected chi connectivity index (χ0v) is 13.0. The Morgan fingerprint density at radius 3 is 1.81 bits per heavy atom. The van der Waals surface area contributed by atoms with Gasteiger partial charge < -0.3 is 4.74 Å². The molecule has 0 unspecified atom stereocenters. The van der Waals surface area contributed by atoms with Gasteiger partial charge in [-0.15, -0.1) is 0 Å². The lowest BCUT2D eigenvalue weighted by molar-refractivity contribution is -0.147. The number of rotatable bonds is 5. The van der Waals surface area contributed by atoms with Gasteiger partial charge in [-0.25, -0.2) is 4.79 Å². The van der Waals surface area contributed by atoms with Crippen molar-refractivity contribution in [2.24, 2.45) is 5.92 Å². The number of esters is 1. The van der Waals surface area contributed by atoms with Crippen molar-refractivity contribution in [1.82, 2.24) is 0 Å². The minimum Gasteiger partial charge on any atom is -0.464 e. The topological polar surface area (TPSA) is 26.3 Å². The Kier molecular flexibility index (Phi) is 5.03. The van der Waals surface area contributed by atoms with Crippen LogP contribution in [0.1, 0.15) is 25.0 Å². The fourth-order valence-electron chi connectivity index (χ4n) is 2.08. The van der Waals surface area contributed by atoms with Crippen molar-refractivity contribution in [1.29, 1.82) is 0 Å². The van der Waals surface area contributed by atoms with Gasteiger partial charge in [0.15, 0.2) is 4.87 Å². The second kappa shape index (κ2) is 6.77. The third kappa shape index (κ3) is 3.45. The maximum Gasteiger partial charge on any atom is 0.336 e. The molecule has 0 heterocycles. The number of hydrogen-bond donors (Lipinski definition) is 0. The molecule has 0 radical (unpaired) electrons. The third-order valence-electron chi connectivity index (χ3n) is 3.17. The molecule has 2 rings (SSSR count). The predicted octanol–water partition coefficient (Wildman–Crippen LogP) is 4.37. The first kappa shape index (κ1) is 15.6. The first-order valence-corrected chi connectivity index (χ1v) is 7.40. The molecule has 2 aromatic carbocycles. The summed E-state index contributed by atoms with van der Waals surface area (Å²) < 4.78 is 5.41. The number of halogens is 1. The van der Waals surface area contributed by atoms with Crippen LogP contribution in [-0.4, -0.2) is 12.6 Å². The maximum absolute atomic E-state index is 12.6. The van der Waals surface area contributed by atoms with Crippen molar-refractivity contribution in [2.75, 3.05) is 6.61 Å². The van der Waals surface area contributed by atoms with E-state index >= 15 is 0 Å². The molecule has 0 aliphatic heterocycles. The monoisotopic (exact) mass is 302 g/mol. The number of benzene rings is 2. The molecule has 0 saturated carbocycles. The average Bonchev–Trinajstić information content (AvgIpc) is 2.53. The number of carbonyl (C=O) groups is 1. The highest BCUT2D eigenvalue weighted by atomic mass is 35.5. The molecule has 0 atom stereocenters. The van der Waals surface area contributed by atoms with E-state index in [0.29, 0.717) is 17.7 Å². The molecule has 0 spiro atoms. The number of ether oxygens (including phenoxy) is 1. The van der Waals surface area contributed by atoms with E-state index in [1.54, 1.807) is 0 Å².